The van der Waals surface area contributed by atoms with Gasteiger partial charge in [-0.05, 0) is 82.7 Å². The summed E-state index contributed by atoms with van der Waals surface area (Å²) in [7, 11) is 0. The molecule has 0 N–H and O–H groups in total. The van der Waals surface area contributed by atoms with Crippen LogP contribution < -0.4 is 0 Å². The first-order valence-corrected chi connectivity index (χ1v) is 9.83. The van der Waals surface area contributed by atoms with Gasteiger partial charge >= 0.3 is 11.9 Å². The Morgan fingerprint density at radius 1 is 0.571 bits per heavy atom. The lowest BCUT2D eigenvalue weighted by atomic mass is 9.89. The van der Waals surface area contributed by atoms with Gasteiger partial charge in [-0.15, -0.1) is 0 Å². The minimum absolute atomic E-state index is 0.412. The summed E-state index contributed by atoms with van der Waals surface area (Å²) in [4.78, 5) is 24.3. The molecule has 6 aliphatic rings. The topological polar surface area (TPSA) is 43.4 Å². The number of aryl methyl sites for hydroxylation is 4. The molecule has 3 aromatic rings. The number of hydrogen-bond acceptors (Lipinski definition) is 3. The Morgan fingerprint density at radius 3 is 1.96 bits per heavy atom. The molecule has 1 aliphatic heterocycles. The van der Waals surface area contributed by atoms with E-state index in [4.69, 9.17) is 4.74 Å². The summed E-state index contributed by atoms with van der Waals surface area (Å²) >= 11 is 0. The molecular weight excluding hydrogens is 348 g/mol. The van der Waals surface area contributed by atoms with E-state index in [1.54, 1.807) is 6.07 Å². The van der Waals surface area contributed by atoms with Crippen molar-refractivity contribution in [3.8, 4) is 11.1 Å². The zero-order chi connectivity index (χ0) is 18.8. The molecule has 9 rings (SSSR count). The molecule has 0 atom stereocenters. The third-order valence-corrected chi connectivity index (χ3v) is 6.43. The molecule has 0 spiro atoms. The molecule has 4 bridgehead atoms. The van der Waals surface area contributed by atoms with Crippen LogP contribution in [-0.4, -0.2) is 11.9 Å². The normalized spacial score (nSPS) is 16.3. The molecule has 3 aromatic carbocycles. The number of carbonyl (C=O) groups is 2. The highest BCUT2D eigenvalue weighted by atomic mass is 16.6. The van der Waals surface area contributed by atoms with E-state index in [1.165, 1.54) is 33.4 Å². The quantitative estimate of drug-likeness (QED) is 0.341. The van der Waals surface area contributed by atoms with E-state index in [2.05, 4.69) is 36.4 Å². The Balaban J connectivity index is 1.55. The molecule has 1 heterocycles. The molecule has 0 saturated heterocycles. The van der Waals surface area contributed by atoms with Crippen LogP contribution in [0.5, 0.6) is 0 Å². The predicted octanol–water partition coefficient (Wildman–Crippen LogP) is 4.45. The SMILES string of the molecule is O=C1OC(=O)c2c1ccc1c2Cc2c3ccc(c2-1)CCc1ccc(cc1)CC3. The second kappa shape index (κ2) is 5.65. The Bertz CT molecular complexity index is 1190. The fraction of sp³-hybridized carbons (Fsp3) is 0.200. The van der Waals surface area contributed by atoms with Crippen LogP contribution in [-0.2, 0) is 36.8 Å². The van der Waals surface area contributed by atoms with Crippen molar-refractivity contribution in [3.63, 3.8) is 0 Å². The maximum absolute atomic E-state index is 12.3. The summed E-state index contributed by atoms with van der Waals surface area (Å²) in [6.45, 7) is 0. The minimum Gasteiger partial charge on any atom is -0.386 e. The lowest BCUT2D eigenvalue weighted by Gasteiger charge is -2.16. The highest BCUT2D eigenvalue weighted by Crippen LogP contribution is 2.45. The fourth-order valence-electron chi connectivity index (χ4n) is 4.99. The summed E-state index contributed by atoms with van der Waals surface area (Å²) in [6, 6.07) is 17.3. The van der Waals surface area contributed by atoms with Crippen molar-refractivity contribution in [3.05, 3.63) is 93.0 Å². The van der Waals surface area contributed by atoms with Gasteiger partial charge in [0.2, 0.25) is 0 Å². The molecule has 0 fully saturated rings. The van der Waals surface area contributed by atoms with Crippen molar-refractivity contribution in [2.24, 2.45) is 0 Å². The first-order valence-electron chi connectivity index (χ1n) is 9.83. The van der Waals surface area contributed by atoms with Gasteiger partial charge in [0.1, 0.15) is 0 Å². The van der Waals surface area contributed by atoms with Gasteiger partial charge in [0, 0.05) is 0 Å². The number of benzene rings is 3. The first kappa shape index (κ1) is 15.8. The van der Waals surface area contributed by atoms with Crippen molar-refractivity contribution < 1.29 is 14.3 Å². The molecule has 3 nitrogen and oxygen atoms in total. The molecule has 0 amide bonds. The van der Waals surface area contributed by atoms with Crippen LogP contribution in [0.4, 0.5) is 0 Å². The highest BCUT2D eigenvalue weighted by molar-refractivity contribution is 6.16. The standard InChI is InChI=1S/C25H18O3/c26-24-19-12-11-18-21(23(19)25(27)28-24)13-20-16-7-5-14-1-3-15(4-2-14)6-8-17(10-9-16)22(18)20/h1-4,9-12H,5-8,13H2. The van der Waals surface area contributed by atoms with Crippen LogP contribution in [0.2, 0.25) is 0 Å². The van der Waals surface area contributed by atoms with E-state index < -0.39 is 11.9 Å². The molecule has 0 unspecified atom stereocenters. The Kier molecular flexibility index (Phi) is 3.19. The lowest BCUT2D eigenvalue weighted by molar-refractivity contribution is 0.0443. The van der Waals surface area contributed by atoms with Crippen LogP contribution in [0.3, 0.4) is 0 Å². The zero-order valence-electron chi connectivity index (χ0n) is 15.4. The minimum atomic E-state index is -0.522. The molecule has 3 heteroatoms. The van der Waals surface area contributed by atoms with Gasteiger partial charge in [0.15, 0.2) is 0 Å². The van der Waals surface area contributed by atoms with Crippen molar-refractivity contribution in [1.82, 2.24) is 0 Å². The summed E-state index contributed by atoms with van der Waals surface area (Å²) in [5.74, 6) is -1.02. The van der Waals surface area contributed by atoms with E-state index >= 15 is 0 Å². The summed E-state index contributed by atoms with van der Waals surface area (Å²) in [5.41, 5.74) is 10.9. The van der Waals surface area contributed by atoms with Gasteiger partial charge in [-0.25, -0.2) is 9.59 Å². The lowest BCUT2D eigenvalue weighted by Crippen LogP contribution is -2.03. The van der Waals surface area contributed by atoms with Crippen LogP contribution in [0.25, 0.3) is 11.1 Å². The van der Waals surface area contributed by atoms with Crippen LogP contribution in [0, 0.1) is 0 Å². The second-order valence-electron chi connectivity index (χ2n) is 7.92. The van der Waals surface area contributed by atoms with Crippen LogP contribution in [0.1, 0.15) is 54.1 Å². The predicted molar refractivity (Wildman–Crippen MR) is 106 cm³/mol. The Morgan fingerprint density at radius 2 is 1.21 bits per heavy atom. The first-order chi connectivity index (χ1) is 13.7. The van der Waals surface area contributed by atoms with E-state index in [9.17, 15) is 9.59 Å². The highest BCUT2D eigenvalue weighted by Gasteiger charge is 2.37. The molecule has 0 aromatic heterocycles. The maximum atomic E-state index is 12.3. The largest absolute Gasteiger partial charge is 0.386 e. The van der Waals surface area contributed by atoms with Gasteiger partial charge in [-0.3, -0.25) is 0 Å². The van der Waals surface area contributed by atoms with E-state index in [1.807, 2.05) is 6.07 Å². The molecule has 0 radical (unpaired) electrons. The zero-order valence-corrected chi connectivity index (χ0v) is 15.4. The van der Waals surface area contributed by atoms with E-state index in [-0.39, 0.29) is 0 Å². The van der Waals surface area contributed by atoms with Crippen molar-refractivity contribution in [2.75, 3.05) is 0 Å². The third-order valence-electron chi connectivity index (χ3n) is 6.43. The third kappa shape index (κ3) is 2.16. The number of hydrogen-bond donors (Lipinski definition) is 0. The van der Waals surface area contributed by atoms with Crippen molar-refractivity contribution >= 4 is 11.9 Å². The van der Waals surface area contributed by atoms with Gasteiger partial charge in [0.05, 0.1) is 11.1 Å². The summed E-state index contributed by atoms with van der Waals surface area (Å²) < 4.78 is 4.89. The van der Waals surface area contributed by atoms with E-state index in [0.29, 0.717) is 17.5 Å². The number of cyclic esters (lactones) is 2. The molecule has 5 aliphatic carbocycles. The maximum Gasteiger partial charge on any atom is 0.347 e. The average molecular weight is 366 g/mol. The second-order valence-corrected chi connectivity index (χ2v) is 7.92. The van der Waals surface area contributed by atoms with E-state index in [0.717, 1.165) is 36.8 Å². The molecule has 136 valence electrons. The van der Waals surface area contributed by atoms with Gasteiger partial charge < -0.3 is 4.74 Å². The number of ether oxygens (including phenoxy) is 1. The Labute approximate surface area is 163 Å². The van der Waals surface area contributed by atoms with Gasteiger partial charge in [-0.1, -0.05) is 42.5 Å². The molecular formula is C25H18O3. The van der Waals surface area contributed by atoms with Gasteiger partial charge in [0.25, 0.3) is 0 Å². The van der Waals surface area contributed by atoms with Crippen molar-refractivity contribution in [1.29, 1.82) is 0 Å². The summed E-state index contributed by atoms with van der Waals surface area (Å²) in [6.07, 6.45) is 4.63. The number of carbonyl (C=O) groups excluding carboxylic acids is 2. The number of rotatable bonds is 0. The van der Waals surface area contributed by atoms with Gasteiger partial charge in [-0.2, -0.15) is 0 Å². The number of esters is 2. The Hall–Kier alpha value is -3.20. The number of fused-ring (bicyclic) bond motifs is 3. The monoisotopic (exact) mass is 366 g/mol. The van der Waals surface area contributed by atoms with Crippen LogP contribution in [0.15, 0.2) is 48.5 Å². The molecule has 0 saturated carbocycles. The average Bonchev–Trinajstić information content (AvgIpc) is 3.22. The summed E-state index contributed by atoms with van der Waals surface area (Å²) in [5, 5.41) is 0. The van der Waals surface area contributed by atoms with Crippen molar-refractivity contribution in [2.45, 2.75) is 32.1 Å². The fourth-order valence-corrected chi connectivity index (χ4v) is 4.99. The van der Waals surface area contributed by atoms with Crippen LogP contribution >= 0.6 is 0 Å². The molecule has 28 heavy (non-hydrogen) atoms. The smallest absolute Gasteiger partial charge is 0.347 e.